The Labute approximate surface area is 165 Å². The van der Waals surface area contributed by atoms with Gasteiger partial charge >= 0.3 is 5.97 Å². The third kappa shape index (κ3) is 3.68. The molecule has 0 radical (unpaired) electrons. The number of hydrogen-bond acceptors (Lipinski definition) is 7. The monoisotopic (exact) mass is 397 g/mol. The maximum atomic E-state index is 12.6. The highest BCUT2D eigenvalue weighted by Crippen LogP contribution is 2.29. The summed E-state index contributed by atoms with van der Waals surface area (Å²) in [6.45, 7) is 3.97. The van der Waals surface area contributed by atoms with Gasteiger partial charge in [-0.05, 0) is 37.4 Å². The molecule has 1 aliphatic rings. The Morgan fingerprint density at radius 1 is 1.29 bits per heavy atom. The Morgan fingerprint density at radius 2 is 2.07 bits per heavy atom. The molecule has 1 fully saturated rings. The third-order valence-electron chi connectivity index (χ3n) is 4.62. The number of benzene rings is 1. The summed E-state index contributed by atoms with van der Waals surface area (Å²) < 4.78 is 11.1. The van der Waals surface area contributed by atoms with Crippen molar-refractivity contribution in [1.82, 2.24) is 10.2 Å². The molecule has 3 aromatic rings. The average Bonchev–Trinajstić information content (AvgIpc) is 3.42. The van der Waals surface area contributed by atoms with Crippen LogP contribution in [-0.2, 0) is 14.3 Å². The van der Waals surface area contributed by atoms with Crippen molar-refractivity contribution in [3.05, 3.63) is 53.2 Å². The summed E-state index contributed by atoms with van der Waals surface area (Å²) in [5, 5.41) is 9.88. The maximum absolute atomic E-state index is 12.6. The van der Waals surface area contributed by atoms with Crippen LogP contribution in [-0.4, -0.2) is 28.6 Å². The molecule has 1 aromatic carbocycles. The summed E-state index contributed by atoms with van der Waals surface area (Å²) in [6.07, 6.45) is -0.554. The van der Waals surface area contributed by atoms with Crippen molar-refractivity contribution in [3.63, 3.8) is 0 Å². The van der Waals surface area contributed by atoms with Gasteiger partial charge in [-0.3, -0.25) is 9.59 Å². The second kappa shape index (κ2) is 7.55. The molecule has 1 saturated heterocycles. The van der Waals surface area contributed by atoms with Crippen molar-refractivity contribution < 1.29 is 18.7 Å². The smallest absolute Gasteiger partial charge is 0.312 e. The zero-order valence-corrected chi connectivity index (χ0v) is 16.3. The van der Waals surface area contributed by atoms with Gasteiger partial charge in [0.05, 0.1) is 10.8 Å². The van der Waals surface area contributed by atoms with Gasteiger partial charge in [0.2, 0.25) is 5.91 Å². The average molecular weight is 397 g/mol. The summed E-state index contributed by atoms with van der Waals surface area (Å²) in [5.74, 6) is -0.413. The molecule has 0 N–H and O–H groups in total. The van der Waals surface area contributed by atoms with E-state index in [-0.39, 0.29) is 18.2 Å². The molecule has 1 aliphatic heterocycles. The zero-order chi connectivity index (χ0) is 19.7. The molecule has 3 heterocycles. The standard InChI is InChI=1S/C20H19N3O4S/c1-12-5-7-15(8-6-12)23-11-14(10-17(23)24)20(25)26-13(2)18-21-22-19(27-18)16-4-3-9-28-16/h3-9,13-14H,10-11H2,1-2H3. The number of carbonyl (C=O) groups excluding carboxylic acids is 2. The fourth-order valence-electron chi connectivity index (χ4n) is 3.06. The van der Waals surface area contributed by atoms with E-state index in [4.69, 9.17) is 9.15 Å². The highest BCUT2D eigenvalue weighted by atomic mass is 32.1. The fourth-order valence-corrected chi connectivity index (χ4v) is 3.70. The van der Waals surface area contributed by atoms with Gasteiger partial charge in [-0.15, -0.1) is 21.5 Å². The minimum absolute atomic E-state index is 0.0868. The molecule has 2 atom stereocenters. The largest absolute Gasteiger partial charge is 0.452 e. The molecule has 1 amide bonds. The number of carbonyl (C=O) groups is 2. The Morgan fingerprint density at radius 3 is 2.79 bits per heavy atom. The first-order valence-electron chi connectivity index (χ1n) is 8.96. The topological polar surface area (TPSA) is 85.5 Å². The summed E-state index contributed by atoms with van der Waals surface area (Å²) in [5.41, 5.74) is 1.90. The molecule has 0 aliphatic carbocycles. The minimum Gasteiger partial charge on any atom is -0.452 e. The molecular weight excluding hydrogens is 378 g/mol. The summed E-state index contributed by atoms with van der Waals surface area (Å²) >= 11 is 1.49. The molecule has 8 heteroatoms. The predicted molar refractivity (Wildman–Crippen MR) is 104 cm³/mol. The molecule has 28 heavy (non-hydrogen) atoms. The second-order valence-electron chi connectivity index (χ2n) is 6.74. The SMILES string of the molecule is Cc1ccc(N2CC(C(=O)OC(C)c3nnc(-c4cccs4)o3)CC2=O)cc1. The van der Waals surface area contributed by atoms with Crippen molar-refractivity contribution >= 4 is 28.9 Å². The number of thiophene rings is 1. The number of amides is 1. The molecule has 2 aromatic heterocycles. The number of esters is 1. The molecule has 2 unspecified atom stereocenters. The number of aryl methyl sites for hydroxylation is 1. The van der Waals surface area contributed by atoms with E-state index in [1.807, 2.05) is 48.7 Å². The molecule has 4 rings (SSSR count). The lowest BCUT2D eigenvalue weighted by Gasteiger charge is -2.17. The molecule has 144 valence electrons. The van der Waals surface area contributed by atoms with E-state index in [9.17, 15) is 9.59 Å². The first-order valence-corrected chi connectivity index (χ1v) is 9.84. The van der Waals surface area contributed by atoms with Gasteiger partial charge in [-0.1, -0.05) is 23.8 Å². The minimum atomic E-state index is -0.683. The van der Waals surface area contributed by atoms with E-state index in [0.717, 1.165) is 16.1 Å². The summed E-state index contributed by atoms with van der Waals surface area (Å²) in [6, 6.07) is 11.4. The van der Waals surface area contributed by atoms with E-state index >= 15 is 0 Å². The van der Waals surface area contributed by atoms with Gasteiger partial charge in [-0.25, -0.2) is 0 Å². The van der Waals surface area contributed by atoms with Crippen LogP contribution in [0.25, 0.3) is 10.8 Å². The van der Waals surface area contributed by atoms with Crippen LogP contribution in [0.3, 0.4) is 0 Å². The Bertz CT molecular complexity index is 981. The molecule has 0 bridgehead atoms. The molecule has 7 nitrogen and oxygen atoms in total. The normalized spacial score (nSPS) is 17.7. The third-order valence-corrected chi connectivity index (χ3v) is 5.48. The van der Waals surface area contributed by atoms with Gasteiger partial charge in [0.25, 0.3) is 11.8 Å². The maximum Gasteiger partial charge on any atom is 0.312 e. The van der Waals surface area contributed by atoms with Gasteiger partial charge in [0.1, 0.15) is 0 Å². The van der Waals surface area contributed by atoms with Crippen molar-refractivity contribution in [2.45, 2.75) is 26.4 Å². The van der Waals surface area contributed by atoms with Crippen LogP contribution in [0.2, 0.25) is 0 Å². The Balaban J connectivity index is 1.40. The number of rotatable bonds is 5. The predicted octanol–water partition coefficient (Wildman–Crippen LogP) is 3.76. The number of nitrogens with zero attached hydrogens (tertiary/aromatic N) is 3. The van der Waals surface area contributed by atoms with Gasteiger partial charge in [-0.2, -0.15) is 0 Å². The number of aromatic nitrogens is 2. The van der Waals surface area contributed by atoms with Crippen LogP contribution in [0.15, 0.2) is 46.2 Å². The lowest BCUT2D eigenvalue weighted by atomic mass is 10.1. The summed E-state index contributed by atoms with van der Waals surface area (Å²) in [7, 11) is 0. The van der Waals surface area contributed by atoms with E-state index in [1.165, 1.54) is 11.3 Å². The first-order chi connectivity index (χ1) is 13.5. The van der Waals surface area contributed by atoms with Crippen molar-refractivity contribution in [3.8, 4) is 10.8 Å². The molecule has 0 saturated carbocycles. The molecular formula is C20H19N3O4S. The van der Waals surface area contributed by atoms with E-state index in [0.29, 0.717) is 12.4 Å². The van der Waals surface area contributed by atoms with Crippen molar-refractivity contribution in [2.24, 2.45) is 5.92 Å². The number of anilines is 1. The highest BCUT2D eigenvalue weighted by molar-refractivity contribution is 7.13. The van der Waals surface area contributed by atoms with Crippen molar-refractivity contribution in [1.29, 1.82) is 0 Å². The lowest BCUT2D eigenvalue weighted by Crippen LogP contribution is -2.26. The van der Waals surface area contributed by atoms with Gasteiger partial charge in [0, 0.05) is 18.7 Å². The molecule has 0 spiro atoms. The van der Waals surface area contributed by atoms with Crippen LogP contribution < -0.4 is 4.90 Å². The quantitative estimate of drug-likeness (QED) is 0.609. The van der Waals surface area contributed by atoms with Crippen LogP contribution in [0.4, 0.5) is 5.69 Å². The van der Waals surface area contributed by atoms with Gasteiger partial charge < -0.3 is 14.1 Å². The Hall–Kier alpha value is -3.00. The van der Waals surface area contributed by atoms with Crippen LogP contribution in [0.5, 0.6) is 0 Å². The van der Waals surface area contributed by atoms with E-state index < -0.39 is 18.0 Å². The van der Waals surface area contributed by atoms with Crippen LogP contribution >= 0.6 is 11.3 Å². The van der Waals surface area contributed by atoms with E-state index in [1.54, 1.807) is 11.8 Å². The lowest BCUT2D eigenvalue weighted by molar-refractivity contribution is -0.154. The Kier molecular flexibility index (Phi) is 4.95. The number of ether oxygens (including phenoxy) is 1. The number of hydrogen-bond donors (Lipinski definition) is 0. The zero-order valence-electron chi connectivity index (χ0n) is 15.5. The first kappa shape index (κ1) is 18.4. The summed E-state index contributed by atoms with van der Waals surface area (Å²) in [4.78, 5) is 27.4. The van der Waals surface area contributed by atoms with Crippen LogP contribution in [0.1, 0.15) is 30.9 Å². The highest BCUT2D eigenvalue weighted by Gasteiger charge is 2.37. The van der Waals surface area contributed by atoms with Crippen molar-refractivity contribution in [2.75, 3.05) is 11.4 Å². The second-order valence-corrected chi connectivity index (χ2v) is 7.69. The van der Waals surface area contributed by atoms with Crippen LogP contribution in [0, 0.1) is 12.8 Å². The fraction of sp³-hybridized carbons (Fsp3) is 0.300. The van der Waals surface area contributed by atoms with Gasteiger partial charge in [0.15, 0.2) is 6.10 Å². The van der Waals surface area contributed by atoms with E-state index in [2.05, 4.69) is 10.2 Å².